The number of aromatic nitrogens is 1. The summed E-state index contributed by atoms with van der Waals surface area (Å²) in [7, 11) is 0. The highest BCUT2D eigenvalue weighted by atomic mass is 79.9. The Balaban J connectivity index is 1.61. The van der Waals surface area contributed by atoms with Crippen LogP contribution in [0.3, 0.4) is 0 Å². The number of para-hydroxylation sites is 1. The lowest BCUT2D eigenvalue weighted by Gasteiger charge is -2.41. The smallest absolute Gasteiger partial charge is 0.0705 e. The van der Waals surface area contributed by atoms with E-state index in [1.807, 2.05) is 0 Å². The molecular weight excluding hydrogens is 348 g/mol. The molecule has 0 amide bonds. The van der Waals surface area contributed by atoms with E-state index in [9.17, 15) is 0 Å². The molecule has 0 bridgehead atoms. The van der Waals surface area contributed by atoms with Crippen molar-refractivity contribution in [2.75, 3.05) is 6.54 Å². The molecule has 0 aliphatic carbocycles. The zero-order chi connectivity index (χ0) is 15.4. The number of nitrogens with zero attached hydrogens (tertiary/aromatic N) is 2. The lowest BCUT2D eigenvalue weighted by Crippen LogP contribution is -2.39. The van der Waals surface area contributed by atoms with Crippen molar-refractivity contribution in [2.24, 2.45) is 0 Å². The number of halogens is 1. The van der Waals surface area contributed by atoms with E-state index in [0.717, 1.165) is 31.4 Å². The summed E-state index contributed by atoms with van der Waals surface area (Å²) in [6.07, 6.45) is 2.16. The van der Waals surface area contributed by atoms with Crippen LogP contribution in [0.25, 0.3) is 10.9 Å². The van der Waals surface area contributed by atoms with E-state index >= 15 is 0 Å². The van der Waals surface area contributed by atoms with Crippen LogP contribution in [-0.4, -0.2) is 16.4 Å². The van der Waals surface area contributed by atoms with E-state index < -0.39 is 0 Å². The zero-order valence-corrected chi connectivity index (χ0v) is 14.4. The maximum absolute atomic E-state index is 4.96. The average Bonchev–Trinajstić information content (AvgIpc) is 2.58. The fourth-order valence-electron chi connectivity index (χ4n) is 4.08. The highest BCUT2D eigenvalue weighted by Crippen LogP contribution is 2.38. The van der Waals surface area contributed by atoms with Gasteiger partial charge in [0.1, 0.15) is 0 Å². The Bertz CT molecular complexity index is 919. The van der Waals surface area contributed by atoms with E-state index in [-0.39, 0.29) is 0 Å². The summed E-state index contributed by atoms with van der Waals surface area (Å²) in [4.78, 5) is 7.58. The molecule has 2 aliphatic rings. The van der Waals surface area contributed by atoms with Crippen LogP contribution >= 0.6 is 15.9 Å². The minimum atomic E-state index is 0.480. The number of rotatable bonds is 0. The van der Waals surface area contributed by atoms with Crippen molar-refractivity contribution < 1.29 is 0 Å². The molecule has 1 unspecified atom stereocenters. The van der Waals surface area contributed by atoms with Crippen LogP contribution in [0.5, 0.6) is 0 Å². The van der Waals surface area contributed by atoms with Crippen molar-refractivity contribution in [3.63, 3.8) is 0 Å². The van der Waals surface area contributed by atoms with Crippen molar-refractivity contribution in [1.29, 1.82) is 0 Å². The topological polar surface area (TPSA) is 16.1 Å². The molecule has 3 heterocycles. The van der Waals surface area contributed by atoms with Gasteiger partial charge >= 0.3 is 0 Å². The fourth-order valence-corrected chi connectivity index (χ4v) is 4.48. The van der Waals surface area contributed by atoms with Gasteiger partial charge < -0.3 is 0 Å². The molecular formula is C20H17BrN2. The molecule has 2 aromatic carbocycles. The maximum Gasteiger partial charge on any atom is 0.0705 e. The summed E-state index contributed by atoms with van der Waals surface area (Å²) in [5, 5.41) is 1.26. The van der Waals surface area contributed by atoms with E-state index in [2.05, 4.69) is 69.4 Å². The minimum Gasteiger partial charge on any atom is -0.291 e. The molecule has 2 aliphatic heterocycles. The molecule has 5 rings (SSSR count). The summed E-state index contributed by atoms with van der Waals surface area (Å²) >= 11 is 3.61. The van der Waals surface area contributed by atoms with E-state index in [1.54, 1.807) is 0 Å². The second-order valence-corrected chi connectivity index (χ2v) is 7.49. The molecule has 0 saturated heterocycles. The number of hydrogen-bond donors (Lipinski definition) is 0. The van der Waals surface area contributed by atoms with E-state index in [4.69, 9.17) is 4.98 Å². The maximum atomic E-state index is 4.96. The Labute approximate surface area is 144 Å². The molecule has 1 atom stereocenters. The molecule has 114 valence electrons. The molecule has 3 aromatic rings. The van der Waals surface area contributed by atoms with Gasteiger partial charge in [0, 0.05) is 41.1 Å². The third-order valence-corrected chi connectivity index (χ3v) is 5.72. The van der Waals surface area contributed by atoms with Gasteiger partial charge in [-0.25, -0.2) is 0 Å². The molecule has 0 saturated carbocycles. The molecule has 0 radical (unpaired) electrons. The van der Waals surface area contributed by atoms with Crippen molar-refractivity contribution in [3.05, 3.63) is 75.4 Å². The Hall–Kier alpha value is -1.71. The summed E-state index contributed by atoms with van der Waals surface area (Å²) in [5.74, 6) is 0. The first-order valence-corrected chi connectivity index (χ1v) is 8.97. The van der Waals surface area contributed by atoms with Crippen molar-refractivity contribution in [2.45, 2.75) is 25.4 Å². The lowest BCUT2D eigenvalue weighted by molar-refractivity contribution is 0.159. The summed E-state index contributed by atoms with van der Waals surface area (Å²) in [6.45, 7) is 2.16. The first-order chi connectivity index (χ1) is 11.3. The molecule has 0 spiro atoms. The zero-order valence-electron chi connectivity index (χ0n) is 12.8. The molecule has 0 fully saturated rings. The lowest BCUT2D eigenvalue weighted by atomic mass is 9.86. The summed E-state index contributed by atoms with van der Waals surface area (Å²) in [6, 6.07) is 18.0. The van der Waals surface area contributed by atoms with Crippen LogP contribution < -0.4 is 0 Å². The van der Waals surface area contributed by atoms with Crippen LogP contribution in [0.1, 0.15) is 28.4 Å². The van der Waals surface area contributed by atoms with Crippen molar-refractivity contribution in [1.82, 2.24) is 9.88 Å². The molecule has 0 N–H and O–H groups in total. The Morgan fingerprint density at radius 3 is 2.91 bits per heavy atom. The van der Waals surface area contributed by atoms with Gasteiger partial charge in [-0.1, -0.05) is 40.2 Å². The average molecular weight is 365 g/mol. The van der Waals surface area contributed by atoms with Crippen LogP contribution in [-0.2, 0) is 19.4 Å². The third-order valence-electron chi connectivity index (χ3n) is 5.23. The number of fused-ring (bicyclic) bond motifs is 5. The molecule has 3 heteroatoms. The summed E-state index contributed by atoms with van der Waals surface area (Å²) < 4.78 is 1.19. The largest absolute Gasteiger partial charge is 0.291 e. The Kier molecular flexibility index (Phi) is 3.07. The first kappa shape index (κ1) is 13.7. The van der Waals surface area contributed by atoms with Gasteiger partial charge in [0.2, 0.25) is 0 Å². The second kappa shape index (κ2) is 5.15. The van der Waals surface area contributed by atoms with Gasteiger partial charge in [-0.15, -0.1) is 0 Å². The molecule has 1 aromatic heterocycles. The van der Waals surface area contributed by atoms with Crippen LogP contribution in [0, 0.1) is 0 Å². The third kappa shape index (κ3) is 2.22. The predicted molar refractivity (Wildman–Crippen MR) is 96.4 cm³/mol. The van der Waals surface area contributed by atoms with Gasteiger partial charge in [-0.05, 0) is 47.4 Å². The normalized spacial score (nSPS) is 20.0. The van der Waals surface area contributed by atoms with Gasteiger partial charge in [0.15, 0.2) is 0 Å². The molecule has 23 heavy (non-hydrogen) atoms. The SMILES string of the molecule is Brc1ccc2c(c1)CCN1Cc3cc4ccccc4nc3CC21. The van der Waals surface area contributed by atoms with Gasteiger partial charge in [-0.2, -0.15) is 0 Å². The van der Waals surface area contributed by atoms with E-state index in [1.165, 1.54) is 32.2 Å². The Morgan fingerprint density at radius 2 is 1.96 bits per heavy atom. The quantitative estimate of drug-likeness (QED) is 0.576. The predicted octanol–water partition coefficient (Wildman–Crippen LogP) is 4.65. The standard InChI is InChI=1S/C20H17BrN2/c21-16-5-6-17-13(10-16)7-8-23-12-15-9-14-3-1-2-4-18(14)22-19(15)11-20(17)23/h1-6,9-10,20H,7-8,11-12H2. The summed E-state index contributed by atoms with van der Waals surface area (Å²) in [5.41, 5.74) is 6.78. The minimum absolute atomic E-state index is 0.480. The van der Waals surface area contributed by atoms with Gasteiger partial charge in [0.05, 0.1) is 5.52 Å². The van der Waals surface area contributed by atoms with Crippen molar-refractivity contribution in [3.8, 4) is 0 Å². The van der Waals surface area contributed by atoms with E-state index in [0.29, 0.717) is 6.04 Å². The number of hydrogen-bond acceptors (Lipinski definition) is 2. The fraction of sp³-hybridized carbons (Fsp3) is 0.250. The van der Waals surface area contributed by atoms with Crippen LogP contribution in [0.15, 0.2) is 53.0 Å². The first-order valence-electron chi connectivity index (χ1n) is 8.18. The van der Waals surface area contributed by atoms with Gasteiger partial charge in [0.25, 0.3) is 0 Å². The second-order valence-electron chi connectivity index (χ2n) is 6.57. The van der Waals surface area contributed by atoms with Crippen molar-refractivity contribution >= 4 is 26.8 Å². The number of benzene rings is 2. The monoisotopic (exact) mass is 364 g/mol. The molecule has 2 nitrogen and oxygen atoms in total. The van der Waals surface area contributed by atoms with Crippen LogP contribution in [0.4, 0.5) is 0 Å². The highest BCUT2D eigenvalue weighted by molar-refractivity contribution is 9.10. The van der Waals surface area contributed by atoms with Gasteiger partial charge in [-0.3, -0.25) is 9.88 Å². The Morgan fingerprint density at radius 1 is 1.04 bits per heavy atom. The van der Waals surface area contributed by atoms with Crippen LogP contribution in [0.2, 0.25) is 0 Å². The highest BCUT2D eigenvalue weighted by Gasteiger charge is 2.32. The number of pyridine rings is 1.